The van der Waals surface area contributed by atoms with E-state index in [1.165, 1.54) is 0 Å². The molecule has 0 radical (unpaired) electrons. The van der Waals surface area contributed by atoms with Crippen LogP contribution in [0.25, 0.3) is 11.4 Å². The molecule has 0 aliphatic heterocycles. The molecule has 27 heavy (non-hydrogen) atoms. The van der Waals surface area contributed by atoms with Crippen molar-refractivity contribution >= 4 is 29.1 Å². The number of anilines is 3. The largest absolute Gasteiger partial charge is 0.352 e. The number of aryl methyl sites for hydroxylation is 2. The summed E-state index contributed by atoms with van der Waals surface area (Å²) in [7, 11) is 0. The lowest BCUT2D eigenvalue weighted by Gasteiger charge is -2.16. The first kappa shape index (κ1) is 19.1. The minimum atomic E-state index is 0.274. The number of nitrogens with zero attached hydrogens (tertiary/aromatic N) is 3. The van der Waals surface area contributed by atoms with E-state index in [1.807, 2.05) is 50.2 Å². The van der Waals surface area contributed by atoms with E-state index >= 15 is 0 Å². The number of benzene rings is 1. The Morgan fingerprint density at radius 3 is 2.41 bits per heavy atom. The molecule has 3 aromatic rings. The molecule has 0 spiro atoms. The van der Waals surface area contributed by atoms with Crippen molar-refractivity contribution in [1.82, 2.24) is 15.0 Å². The van der Waals surface area contributed by atoms with E-state index in [9.17, 15) is 0 Å². The molecule has 6 heteroatoms. The molecule has 1 aromatic carbocycles. The molecule has 0 saturated carbocycles. The van der Waals surface area contributed by atoms with Crippen molar-refractivity contribution in [2.45, 2.75) is 40.2 Å². The van der Waals surface area contributed by atoms with Gasteiger partial charge < -0.3 is 10.6 Å². The van der Waals surface area contributed by atoms with Crippen molar-refractivity contribution in [3.05, 3.63) is 58.7 Å². The Bertz CT molecular complexity index is 904. The highest BCUT2D eigenvalue weighted by Crippen LogP contribution is 2.29. The van der Waals surface area contributed by atoms with E-state index in [0.29, 0.717) is 11.8 Å². The maximum absolute atomic E-state index is 6.16. The van der Waals surface area contributed by atoms with Gasteiger partial charge in [-0.25, -0.2) is 4.98 Å². The zero-order valence-corrected chi connectivity index (χ0v) is 16.8. The summed E-state index contributed by atoms with van der Waals surface area (Å²) in [6.45, 7) is 8.29. The normalized spacial score (nSPS) is 11.9. The van der Waals surface area contributed by atoms with Crippen LogP contribution in [0.3, 0.4) is 0 Å². The van der Waals surface area contributed by atoms with Gasteiger partial charge in [0.1, 0.15) is 5.82 Å². The fraction of sp³-hybridized carbons (Fsp3) is 0.286. The molecule has 0 fully saturated rings. The number of rotatable bonds is 6. The first-order valence-electron chi connectivity index (χ1n) is 9.07. The molecule has 0 unspecified atom stereocenters. The predicted molar refractivity (Wildman–Crippen MR) is 113 cm³/mol. The third-order valence-corrected chi connectivity index (χ3v) is 4.61. The van der Waals surface area contributed by atoms with Gasteiger partial charge in [0.05, 0.1) is 11.4 Å². The lowest BCUT2D eigenvalue weighted by atomic mass is 10.1. The van der Waals surface area contributed by atoms with E-state index in [0.717, 1.165) is 39.6 Å². The third-order valence-electron chi connectivity index (χ3n) is 4.39. The Kier molecular flexibility index (Phi) is 5.91. The fourth-order valence-corrected chi connectivity index (χ4v) is 3.11. The molecule has 2 aromatic heterocycles. The quantitative estimate of drug-likeness (QED) is 0.568. The molecule has 1 atom stereocenters. The summed E-state index contributed by atoms with van der Waals surface area (Å²) in [5.41, 5.74) is 4.70. The van der Waals surface area contributed by atoms with Crippen molar-refractivity contribution in [1.29, 1.82) is 0 Å². The number of pyridine rings is 1. The summed E-state index contributed by atoms with van der Waals surface area (Å²) in [4.78, 5) is 13.7. The summed E-state index contributed by atoms with van der Waals surface area (Å²) >= 11 is 6.16. The summed E-state index contributed by atoms with van der Waals surface area (Å²) in [5, 5.41) is 7.52. The summed E-state index contributed by atoms with van der Waals surface area (Å²) in [6.07, 6.45) is 2.75. The van der Waals surface area contributed by atoms with Gasteiger partial charge in [-0.2, -0.15) is 4.98 Å². The first-order chi connectivity index (χ1) is 13.0. The number of aromatic nitrogens is 3. The van der Waals surface area contributed by atoms with Crippen LogP contribution in [0, 0.1) is 13.8 Å². The molecule has 0 aliphatic carbocycles. The van der Waals surface area contributed by atoms with Crippen LogP contribution in [0.1, 0.15) is 31.4 Å². The standard InChI is InChI=1S/C21H24ClN5/c1-5-15(4)24-21-25-18(17-8-6-7-9-23-17)12-19(27-21)26-20-13(2)10-16(22)11-14(20)3/h6-12,15H,5H2,1-4H3,(H2,24,25,26,27)/t15-/m1/s1. The maximum atomic E-state index is 6.16. The highest BCUT2D eigenvalue weighted by molar-refractivity contribution is 6.30. The Balaban J connectivity index is 2.02. The molecule has 3 rings (SSSR count). The molecule has 0 saturated heterocycles. The van der Waals surface area contributed by atoms with Gasteiger partial charge in [0, 0.05) is 29.0 Å². The van der Waals surface area contributed by atoms with Crippen LogP contribution in [-0.2, 0) is 0 Å². The van der Waals surface area contributed by atoms with Gasteiger partial charge in [-0.15, -0.1) is 0 Å². The van der Waals surface area contributed by atoms with Gasteiger partial charge in [-0.1, -0.05) is 24.6 Å². The lowest BCUT2D eigenvalue weighted by molar-refractivity contribution is 0.753. The minimum absolute atomic E-state index is 0.274. The fourth-order valence-electron chi connectivity index (χ4n) is 2.78. The van der Waals surface area contributed by atoms with E-state index in [-0.39, 0.29) is 6.04 Å². The monoisotopic (exact) mass is 381 g/mol. The van der Waals surface area contributed by atoms with E-state index in [1.54, 1.807) is 6.20 Å². The second-order valence-electron chi connectivity index (χ2n) is 6.67. The van der Waals surface area contributed by atoms with Crippen molar-refractivity contribution in [3.8, 4) is 11.4 Å². The van der Waals surface area contributed by atoms with Gasteiger partial charge in [0.15, 0.2) is 0 Å². The van der Waals surface area contributed by atoms with Gasteiger partial charge in [-0.3, -0.25) is 4.98 Å². The average Bonchev–Trinajstić information content (AvgIpc) is 2.65. The van der Waals surface area contributed by atoms with Crippen molar-refractivity contribution in [3.63, 3.8) is 0 Å². The SMILES string of the molecule is CC[C@@H](C)Nc1nc(Nc2c(C)cc(Cl)cc2C)cc(-c2ccccn2)n1. The molecule has 0 amide bonds. The number of nitrogens with one attached hydrogen (secondary N) is 2. The van der Waals surface area contributed by atoms with E-state index < -0.39 is 0 Å². The average molecular weight is 382 g/mol. The molecule has 2 heterocycles. The molecular weight excluding hydrogens is 358 g/mol. The van der Waals surface area contributed by atoms with Gasteiger partial charge in [-0.05, 0) is 62.6 Å². The Morgan fingerprint density at radius 2 is 1.78 bits per heavy atom. The van der Waals surface area contributed by atoms with Crippen LogP contribution in [0.2, 0.25) is 5.02 Å². The zero-order valence-electron chi connectivity index (χ0n) is 16.0. The molecular formula is C21H24ClN5. The topological polar surface area (TPSA) is 62.7 Å². The number of hydrogen-bond donors (Lipinski definition) is 2. The minimum Gasteiger partial charge on any atom is -0.352 e. The second kappa shape index (κ2) is 8.35. The van der Waals surface area contributed by atoms with Crippen LogP contribution in [0.5, 0.6) is 0 Å². The second-order valence-corrected chi connectivity index (χ2v) is 7.11. The predicted octanol–water partition coefficient (Wildman–Crippen LogP) is 5.76. The van der Waals surface area contributed by atoms with Gasteiger partial charge in [0.25, 0.3) is 0 Å². The van der Waals surface area contributed by atoms with Crippen LogP contribution in [-0.4, -0.2) is 21.0 Å². The highest BCUT2D eigenvalue weighted by atomic mass is 35.5. The number of halogens is 1. The summed E-state index contributed by atoms with van der Waals surface area (Å²) in [5.74, 6) is 1.30. The highest BCUT2D eigenvalue weighted by Gasteiger charge is 2.12. The van der Waals surface area contributed by atoms with Crippen LogP contribution in [0.4, 0.5) is 17.5 Å². The van der Waals surface area contributed by atoms with E-state index in [2.05, 4.69) is 39.4 Å². The van der Waals surface area contributed by atoms with Crippen LogP contribution < -0.4 is 10.6 Å². The Hall–Kier alpha value is -2.66. The molecule has 140 valence electrons. The van der Waals surface area contributed by atoms with Gasteiger partial charge in [0.2, 0.25) is 5.95 Å². The van der Waals surface area contributed by atoms with E-state index in [4.69, 9.17) is 11.6 Å². The van der Waals surface area contributed by atoms with Crippen LogP contribution in [0.15, 0.2) is 42.6 Å². The molecule has 5 nitrogen and oxygen atoms in total. The Morgan fingerprint density at radius 1 is 1.04 bits per heavy atom. The lowest BCUT2D eigenvalue weighted by Crippen LogP contribution is -2.16. The maximum Gasteiger partial charge on any atom is 0.225 e. The van der Waals surface area contributed by atoms with Crippen molar-refractivity contribution in [2.75, 3.05) is 10.6 Å². The summed E-state index contributed by atoms with van der Waals surface area (Å²) in [6, 6.07) is 11.9. The van der Waals surface area contributed by atoms with Gasteiger partial charge >= 0.3 is 0 Å². The molecule has 0 aliphatic rings. The number of hydrogen-bond acceptors (Lipinski definition) is 5. The van der Waals surface area contributed by atoms with Crippen molar-refractivity contribution in [2.24, 2.45) is 0 Å². The third kappa shape index (κ3) is 4.74. The van der Waals surface area contributed by atoms with Crippen molar-refractivity contribution < 1.29 is 0 Å². The smallest absolute Gasteiger partial charge is 0.225 e. The Labute approximate surface area is 165 Å². The molecule has 2 N–H and O–H groups in total. The zero-order chi connectivity index (χ0) is 19.4. The first-order valence-corrected chi connectivity index (χ1v) is 9.45. The van der Waals surface area contributed by atoms with Crippen LogP contribution >= 0.6 is 11.6 Å². The summed E-state index contributed by atoms with van der Waals surface area (Å²) < 4.78 is 0. The molecule has 0 bridgehead atoms.